The van der Waals surface area contributed by atoms with E-state index in [2.05, 4.69) is 10.1 Å². The van der Waals surface area contributed by atoms with Crippen molar-refractivity contribution in [3.63, 3.8) is 0 Å². The van der Waals surface area contributed by atoms with E-state index in [4.69, 9.17) is 0 Å². The summed E-state index contributed by atoms with van der Waals surface area (Å²) in [6.07, 6.45) is 0.301. The van der Waals surface area contributed by atoms with Crippen LogP contribution in [0.1, 0.15) is 0 Å². The van der Waals surface area contributed by atoms with E-state index in [1.165, 1.54) is 0 Å². The van der Waals surface area contributed by atoms with Crippen molar-refractivity contribution in [3.8, 4) is 5.75 Å². The minimum atomic E-state index is -0.922. The molecule has 3 nitrogen and oxygen atoms in total. The van der Waals surface area contributed by atoms with E-state index in [0.717, 1.165) is 19.2 Å². The Hall–Kier alpha value is -1.65. The molecule has 0 heterocycles. The fraction of sp³-hybridized carbons (Fsp3) is 0.125. The number of ether oxygens (including phenoxy) is 1. The molecule has 0 bridgehead atoms. The Labute approximate surface area is 73.3 Å². The van der Waals surface area contributed by atoms with Crippen LogP contribution in [0, 0.1) is 11.6 Å². The molecule has 0 saturated heterocycles. The number of methoxy groups -OCH3 is 1. The van der Waals surface area contributed by atoms with Crippen LogP contribution in [0.25, 0.3) is 0 Å². The first-order valence-electron chi connectivity index (χ1n) is 3.43. The van der Waals surface area contributed by atoms with E-state index in [-0.39, 0.29) is 5.69 Å². The number of hydrogen-bond acceptors (Lipinski definition) is 2. The van der Waals surface area contributed by atoms with Crippen LogP contribution in [0.5, 0.6) is 5.75 Å². The average molecular weight is 187 g/mol. The summed E-state index contributed by atoms with van der Waals surface area (Å²) >= 11 is 0. The summed E-state index contributed by atoms with van der Waals surface area (Å²) in [6.45, 7) is 0. The predicted molar refractivity (Wildman–Crippen MR) is 42.6 cm³/mol. The van der Waals surface area contributed by atoms with Crippen LogP contribution in [-0.4, -0.2) is 13.5 Å². The van der Waals surface area contributed by atoms with Gasteiger partial charge in [-0.2, -0.15) is 0 Å². The second-order valence-electron chi connectivity index (χ2n) is 2.20. The van der Waals surface area contributed by atoms with Gasteiger partial charge in [-0.05, 0) is 12.1 Å². The zero-order chi connectivity index (χ0) is 9.84. The van der Waals surface area contributed by atoms with Crippen LogP contribution in [-0.2, 0) is 4.79 Å². The Morgan fingerprint density at radius 3 is 2.69 bits per heavy atom. The van der Waals surface area contributed by atoms with Gasteiger partial charge in [-0.3, -0.25) is 4.79 Å². The van der Waals surface area contributed by atoms with Gasteiger partial charge in [-0.15, -0.1) is 0 Å². The number of halogens is 2. The van der Waals surface area contributed by atoms with E-state index in [1.54, 1.807) is 0 Å². The normalized spacial score (nSPS) is 9.46. The van der Waals surface area contributed by atoms with Crippen molar-refractivity contribution in [3.05, 3.63) is 23.8 Å². The molecular formula is C8H7F2NO2. The van der Waals surface area contributed by atoms with E-state index in [9.17, 15) is 13.6 Å². The molecule has 0 fully saturated rings. The van der Waals surface area contributed by atoms with Crippen molar-refractivity contribution >= 4 is 12.1 Å². The maximum Gasteiger partial charge on any atom is 0.211 e. The summed E-state index contributed by atoms with van der Waals surface area (Å²) in [5.74, 6) is -2.24. The monoisotopic (exact) mass is 187 g/mol. The molecule has 0 aromatic heterocycles. The predicted octanol–water partition coefficient (Wildman–Crippen LogP) is 1.54. The molecule has 70 valence electrons. The summed E-state index contributed by atoms with van der Waals surface area (Å²) < 4.78 is 30.4. The first-order chi connectivity index (χ1) is 6.20. The number of carbonyl (C=O) groups excluding carboxylic acids is 1. The fourth-order valence-electron chi connectivity index (χ4n) is 0.895. The summed E-state index contributed by atoms with van der Waals surface area (Å²) in [5.41, 5.74) is -0.117. The molecular weight excluding hydrogens is 180 g/mol. The van der Waals surface area contributed by atoms with Crippen LogP contribution >= 0.6 is 0 Å². The molecule has 0 aliphatic carbocycles. The SMILES string of the molecule is COc1c(F)ccc(NC=O)c1F. The van der Waals surface area contributed by atoms with Crippen molar-refractivity contribution < 1.29 is 18.3 Å². The molecule has 0 unspecified atom stereocenters. The number of benzene rings is 1. The smallest absolute Gasteiger partial charge is 0.211 e. The molecule has 1 N–H and O–H groups in total. The minimum Gasteiger partial charge on any atom is -0.491 e. The Kier molecular flexibility index (Phi) is 2.79. The summed E-state index contributed by atoms with van der Waals surface area (Å²) in [4.78, 5) is 10.00. The molecule has 0 saturated carbocycles. The Bertz CT molecular complexity index is 328. The highest BCUT2D eigenvalue weighted by atomic mass is 19.1. The van der Waals surface area contributed by atoms with Crippen molar-refractivity contribution in [2.75, 3.05) is 12.4 Å². The summed E-state index contributed by atoms with van der Waals surface area (Å²) in [5, 5.41) is 2.08. The van der Waals surface area contributed by atoms with Crippen molar-refractivity contribution in [2.45, 2.75) is 0 Å². The second-order valence-corrected chi connectivity index (χ2v) is 2.20. The van der Waals surface area contributed by atoms with Gasteiger partial charge in [-0.25, -0.2) is 8.78 Å². The Balaban J connectivity index is 3.18. The zero-order valence-electron chi connectivity index (χ0n) is 6.80. The van der Waals surface area contributed by atoms with Gasteiger partial charge in [-0.1, -0.05) is 0 Å². The van der Waals surface area contributed by atoms with Crippen LogP contribution in [0.4, 0.5) is 14.5 Å². The molecule has 1 aromatic carbocycles. The van der Waals surface area contributed by atoms with Gasteiger partial charge >= 0.3 is 0 Å². The molecule has 0 spiro atoms. The summed E-state index contributed by atoms with van der Waals surface area (Å²) in [7, 11) is 1.15. The third-order valence-corrected chi connectivity index (χ3v) is 1.47. The van der Waals surface area contributed by atoms with Gasteiger partial charge in [0.1, 0.15) is 0 Å². The standard InChI is InChI=1S/C8H7F2NO2/c1-13-8-5(9)2-3-6(7(8)10)11-4-12/h2-4H,1H3,(H,11,12). The van der Waals surface area contributed by atoms with Crippen LogP contribution in [0.2, 0.25) is 0 Å². The maximum atomic E-state index is 13.1. The lowest BCUT2D eigenvalue weighted by Gasteiger charge is -2.06. The number of amides is 1. The van der Waals surface area contributed by atoms with Gasteiger partial charge in [0.25, 0.3) is 0 Å². The Morgan fingerprint density at radius 2 is 2.15 bits per heavy atom. The van der Waals surface area contributed by atoms with E-state index in [0.29, 0.717) is 6.41 Å². The largest absolute Gasteiger partial charge is 0.491 e. The number of anilines is 1. The van der Waals surface area contributed by atoms with Crippen LogP contribution in [0.3, 0.4) is 0 Å². The average Bonchev–Trinajstić information content (AvgIpc) is 2.11. The van der Waals surface area contributed by atoms with E-state index in [1.807, 2.05) is 0 Å². The van der Waals surface area contributed by atoms with Gasteiger partial charge < -0.3 is 10.1 Å². The zero-order valence-corrected chi connectivity index (χ0v) is 6.80. The molecule has 1 aromatic rings. The molecule has 1 amide bonds. The minimum absolute atomic E-state index is 0.117. The van der Waals surface area contributed by atoms with Crippen molar-refractivity contribution in [1.29, 1.82) is 0 Å². The maximum absolute atomic E-state index is 13.1. The lowest BCUT2D eigenvalue weighted by atomic mass is 10.2. The molecule has 1 rings (SSSR count). The Morgan fingerprint density at radius 1 is 1.46 bits per heavy atom. The van der Waals surface area contributed by atoms with Crippen molar-refractivity contribution in [2.24, 2.45) is 0 Å². The third kappa shape index (κ3) is 1.74. The molecule has 13 heavy (non-hydrogen) atoms. The molecule has 0 aliphatic heterocycles. The van der Waals surface area contributed by atoms with Gasteiger partial charge in [0, 0.05) is 0 Å². The molecule has 5 heteroatoms. The van der Waals surface area contributed by atoms with Crippen LogP contribution < -0.4 is 10.1 Å². The third-order valence-electron chi connectivity index (χ3n) is 1.47. The van der Waals surface area contributed by atoms with E-state index >= 15 is 0 Å². The number of rotatable bonds is 3. The van der Waals surface area contributed by atoms with E-state index < -0.39 is 17.4 Å². The number of hydrogen-bond donors (Lipinski definition) is 1. The second kappa shape index (κ2) is 3.84. The lowest BCUT2D eigenvalue weighted by molar-refractivity contribution is -0.105. The topological polar surface area (TPSA) is 38.3 Å². The lowest BCUT2D eigenvalue weighted by Crippen LogP contribution is -2.00. The highest BCUT2D eigenvalue weighted by molar-refractivity contribution is 5.72. The number of carbonyl (C=O) groups is 1. The quantitative estimate of drug-likeness (QED) is 0.729. The van der Waals surface area contributed by atoms with Gasteiger partial charge in [0.15, 0.2) is 17.4 Å². The number of nitrogens with one attached hydrogen (secondary N) is 1. The van der Waals surface area contributed by atoms with Gasteiger partial charge in [0.05, 0.1) is 12.8 Å². The van der Waals surface area contributed by atoms with Crippen molar-refractivity contribution in [1.82, 2.24) is 0 Å². The molecule has 0 radical (unpaired) electrons. The van der Waals surface area contributed by atoms with Crippen LogP contribution in [0.15, 0.2) is 12.1 Å². The first-order valence-corrected chi connectivity index (χ1v) is 3.43. The molecule has 0 atom stereocenters. The molecule has 0 aliphatic rings. The highest BCUT2D eigenvalue weighted by Crippen LogP contribution is 2.26. The summed E-state index contributed by atoms with van der Waals surface area (Å²) in [6, 6.07) is 2.12. The van der Waals surface area contributed by atoms with Gasteiger partial charge in [0.2, 0.25) is 6.41 Å². The highest BCUT2D eigenvalue weighted by Gasteiger charge is 2.13. The first kappa shape index (κ1) is 9.44. The fourth-order valence-corrected chi connectivity index (χ4v) is 0.895.